The summed E-state index contributed by atoms with van der Waals surface area (Å²) in [5.74, 6) is 0. The van der Waals surface area contributed by atoms with E-state index in [-0.39, 0.29) is 6.04 Å². The molecule has 0 aliphatic heterocycles. The molecule has 0 spiro atoms. The Morgan fingerprint density at radius 1 is 1.10 bits per heavy atom. The van der Waals surface area contributed by atoms with Crippen molar-refractivity contribution < 1.29 is 0 Å². The second-order valence-corrected chi connectivity index (χ2v) is 4.79. The third-order valence-electron chi connectivity index (χ3n) is 3.57. The molecule has 0 saturated heterocycles. The Morgan fingerprint density at radius 3 is 2.45 bits per heavy atom. The van der Waals surface area contributed by atoms with E-state index in [1.807, 2.05) is 10.9 Å². The Labute approximate surface area is 121 Å². The number of nitrogens with zero attached hydrogens (tertiary/aromatic N) is 4. The van der Waals surface area contributed by atoms with Gasteiger partial charge in [0.25, 0.3) is 0 Å². The molecular formula is C15H25N5. The van der Waals surface area contributed by atoms with Gasteiger partial charge in [-0.2, -0.15) is 10.2 Å². The number of aryl methyl sites for hydroxylation is 3. The number of rotatable bonds is 7. The normalized spacial score (nSPS) is 12.8. The molecule has 2 aromatic heterocycles. The molecule has 0 aromatic carbocycles. The Bertz CT molecular complexity index is 540. The first kappa shape index (κ1) is 14.8. The first-order valence-corrected chi connectivity index (χ1v) is 7.56. The summed E-state index contributed by atoms with van der Waals surface area (Å²) in [6.07, 6.45) is 2.84. The lowest BCUT2D eigenvalue weighted by Gasteiger charge is -2.20. The third kappa shape index (κ3) is 2.77. The third-order valence-corrected chi connectivity index (χ3v) is 3.57. The van der Waals surface area contributed by atoms with E-state index in [0.717, 1.165) is 31.7 Å². The molecule has 2 aromatic rings. The summed E-state index contributed by atoms with van der Waals surface area (Å²) in [4.78, 5) is 0. The van der Waals surface area contributed by atoms with Crippen LogP contribution in [0.25, 0.3) is 0 Å². The summed E-state index contributed by atoms with van der Waals surface area (Å²) in [5.41, 5.74) is 3.57. The second-order valence-electron chi connectivity index (χ2n) is 4.79. The average Bonchev–Trinajstić information content (AvgIpc) is 3.10. The Balaban J connectivity index is 2.45. The Morgan fingerprint density at radius 2 is 1.85 bits per heavy atom. The predicted molar refractivity (Wildman–Crippen MR) is 80.7 cm³/mol. The van der Waals surface area contributed by atoms with Crippen LogP contribution < -0.4 is 5.32 Å². The minimum Gasteiger partial charge on any atom is -0.304 e. The summed E-state index contributed by atoms with van der Waals surface area (Å²) < 4.78 is 4.14. The number of nitrogens with one attached hydrogen (secondary N) is 1. The number of aromatic nitrogens is 4. The number of hydrogen-bond donors (Lipinski definition) is 1. The molecule has 0 aliphatic rings. The van der Waals surface area contributed by atoms with Gasteiger partial charge in [-0.3, -0.25) is 9.36 Å². The molecule has 0 aliphatic carbocycles. The van der Waals surface area contributed by atoms with Crippen molar-refractivity contribution >= 4 is 0 Å². The van der Waals surface area contributed by atoms with Crippen molar-refractivity contribution in [3.63, 3.8) is 0 Å². The molecule has 0 saturated carbocycles. The predicted octanol–water partition coefficient (Wildman–Crippen LogP) is 2.38. The van der Waals surface area contributed by atoms with Gasteiger partial charge in [0.2, 0.25) is 0 Å². The quantitative estimate of drug-likeness (QED) is 0.844. The van der Waals surface area contributed by atoms with E-state index >= 15 is 0 Å². The SMILES string of the molecule is CCNC(c1ccnn1CC)c1cc(CC)nn1CC. The molecule has 0 amide bonds. The fraction of sp³-hybridized carbons (Fsp3) is 0.600. The Hall–Kier alpha value is -1.62. The van der Waals surface area contributed by atoms with Gasteiger partial charge in [0, 0.05) is 19.3 Å². The largest absolute Gasteiger partial charge is 0.304 e. The molecule has 20 heavy (non-hydrogen) atoms. The standard InChI is InChI=1S/C15H25N5/c1-5-12-11-14(20(8-4)18-12)15(16-6-2)13-9-10-17-19(13)7-3/h9-11,15-16H,5-8H2,1-4H3. The van der Waals surface area contributed by atoms with E-state index in [1.54, 1.807) is 0 Å². The van der Waals surface area contributed by atoms with Gasteiger partial charge in [0.05, 0.1) is 23.1 Å². The lowest BCUT2D eigenvalue weighted by Crippen LogP contribution is -2.27. The fourth-order valence-corrected chi connectivity index (χ4v) is 2.56. The monoisotopic (exact) mass is 275 g/mol. The van der Waals surface area contributed by atoms with Gasteiger partial charge in [-0.15, -0.1) is 0 Å². The highest BCUT2D eigenvalue weighted by atomic mass is 15.3. The molecule has 2 heterocycles. The molecule has 2 rings (SSSR count). The fourth-order valence-electron chi connectivity index (χ4n) is 2.56. The number of hydrogen-bond acceptors (Lipinski definition) is 3. The molecule has 0 bridgehead atoms. The smallest absolute Gasteiger partial charge is 0.0918 e. The van der Waals surface area contributed by atoms with E-state index in [4.69, 9.17) is 0 Å². The van der Waals surface area contributed by atoms with Crippen LogP contribution in [0.5, 0.6) is 0 Å². The highest BCUT2D eigenvalue weighted by Gasteiger charge is 2.21. The summed E-state index contributed by atoms with van der Waals surface area (Å²) in [6.45, 7) is 11.2. The van der Waals surface area contributed by atoms with E-state index in [9.17, 15) is 0 Å². The molecule has 0 radical (unpaired) electrons. The van der Waals surface area contributed by atoms with Crippen LogP contribution in [-0.4, -0.2) is 26.1 Å². The highest BCUT2D eigenvalue weighted by Crippen LogP contribution is 2.23. The van der Waals surface area contributed by atoms with Crippen molar-refractivity contribution in [2.75, 3.05) is 6.54 Å². The molecule has 1 atom stereocenters. The van der Waals surface area contributed by atoms with Gasteiger partial charge in [0.15, 0.2) is 0 Å². The van der Waals surface area contributed by atoms with Crippen LogP contribution in [0.3, 0.4) is 0 Å². The summed E-state index contributed by atoms with van der Waals surface area (Å²) in [6, 6.07) is 4.45. The average molecular weight is 275 g/mol. The summed E-state index contributed by atoms with van der Waals surface area (Å²) in [7, 11) is 0. The van der Waals surface area contributed by atoms with Crippen LogP contribution >= 0.6 is 0 Å². The van der Waals surface area contributed by atoms with E-state index in [2.05, 4.69) is 60.0 Å². The second kappa shape index (κ2) is 6.70. The molecule has 5 nitrogen and oxygen atoms in total. The van der Waals surface area contributed by atoms with Gasteiger partial charge in [-0.25, -0.2) is 0 Å². The highest BCUT2D eigenvalue weighted by molar-refractivity contribution is 5.24. The van der Waals surface area contributed by atoms with Gasteiger partial charge < -0.3 is 5.32 Å². The lowest BCUT2D eigenvalue weighted by atomic mass is 10.1. The van der Waals surface area contributed by atoms with Gasteiger partial charge in [-0.05, 0) is 38.9 Å². The van der Waals surface area contributed by atoms with Crippen LogP contribution in [0, 0.1) is 0 Å². The van der Waals surface area contributed by atoms with Crippen molar-refractivity contribution in [2.45, 2.75) is 53.2 Å². The van der Waals surface area contributed by atoms with Crippen LogP contribution in [-0.2, 0) is 19.5 Å². The first-order valence-electron chi connectivity index (χ1n) is 7.56. The zero-order valence-electron chi connectivity index (χ0n) is 12.9. The Kier molecular flexibility index (Phi) is 4.95. The molecule has 5 heteroatoms. The van der Waals surface area contributed by atoms with Gasteiger partial charge >= 0.3 is 0 Å². The molecule has 0 fully saturated rings. The minimum atomic E-state index is 0.148. The minimum absolute atomic E-state index is 0.148. The van der Waals surface area contributed by atoms with Crippen LogP contribution in [0.2, 0.25) is 0 Å². The summed E-state index contributed by atoms with van der Waals surface area (Å²) >= 11 is 0. The first-order chi connectivity index (χ1) is 9.74. The van der Waals surface area contributed by atoms with E-state index in [0.29, 0.717) is 0 Å². The van der Waals surface area contributed by atoms with Crippen LogP contribution in [0.4, 0.5) is 0 Å². The van der Waals surface area contributed by atoms with Crippen molar-refractivity contribution in [3.05, 3.63) is 35.4 Å². The maximum absolute atomic E-state index is 4.66. The molecular weight excluding hydrogens is 250 g/mol. The molecule has 110 valence electrons. The van der Waals surface area contributed by atoms with Crippen molar-refractivity contribution in [3.8, 4) is 0 Å². The lowest BCUT2D eigenvalue weighted by molar-refractivity contribution is 0.499. The van der Waals surface area contributed by atoms with Crippen molar-refractivity contribution in [1.82, 2.24) is 24.9 Å². The van der Waals surface area contributed by atoms with Crippen molar-refractivity contribution in [2.24, 2.45) is 0 Å². The van der Waals surface area contributed by atoms with E-state index < -0.39 is 0 Å². The molecule has 1 N–H and O–H groups in total. The van der Waals surface area contributed by atoms with E-state index in [1.165, 1.54) is 11.4 Å². The topological polar surface area (TPSA) is 47.7 Å². The zero-order valence-corrected chi connectivity index (χ0v) is 12.9. The van der Waals surface area contributed by atoms with Gasteiger partial charge in [0.1, 0.15) is 0 Å². The summed E-state index contributed by atoms with van der Waals surface area (Å²) in [5, 5.41) is 12.6. The maximum atomic E-state index is 4.66. The maximum Gasteiger partial charge on any atom is 0.0918 e. The van der Waals surface area contributed by atoms with Gasteiger partial charge in [-0.1, -0.05) is 13.8 Å². The molecule has 1 unspecified atom stereocenters. The van der Waals surface area contributed by atoms with Crippen LogP contribution in [0.15, 0.2) is 18.3 Å². The van der Waals surface area contributed by atoms with Crippen LogP contribution in [0.1, 0.15) is 50.8 Å². The zero-order chi connectivity index (χ0) is 14.5. The van der Waals surface area contributed by atoms with Crippen molar-refractivity contribution in [1.29, 1.82) is 0 Å².